The second-order valence-corrected chi connectivity index (χ2v) is 6.95. The van der Waals surface area contributed by atoms with Gasteiger partial charge in [-0.3, -0.25) is 9.48 Å². The van der Waals surface area contributed by atoms with Crippen molar-refractivity contribution in [1.82, 2.24) is 14.8 Å². The summed E-state index contributed by atoms with van der Waals surface area (Å²) in [5.41, 5.74) is 3.70. The molecule has 1 aliphatic rings. The molecule has 3 heterocycles. The van der Waals surface area contributed by atoms with Crippen molar-refractivity contribution in [2.24, 2.45) is 5.92 Å². The first kappa shape index (κ1) is 17.3. The minimum Gasteiger partial charge on any atom is -0.379 e. The lowest BCUT2D eigenvalue weighted by Crippen LogP contribution is -2.30. The van der Waals surface area contributed by atoms with Crippen LogP contribution < -0.4 is 10.9 Å². The van der Waals surface area contributed by atoms with E-state index in [9.17, 15) is 10.1 Å². The number of nitrogens with one attached hydrogen (secondary N) is 2. The van der Waals surface area contributed by atoms with Crippen LogP contribution in [0.2, 0.25) is 0 Å². The molecule has 1 aliphatic heterocycles. The zero-order valence-corrected chi connectivity index (χ0v) is 15.3. The molecule has 0 saturated carbocycles. The van der Waals surface area contributed by atoms with Gasteiger partial charge in [0.15, 0.2) is 5.82 Å². The Kier molecular flexibility index (Phi) is 4.42. The van der Waals surface area contributed by atoms with E-state index >= 15 is 0 Å². The number of fused-ring (bicyclic) bond motifs is 1. The van der Waals surface area contributed by atoms with Crippen molar-refractivity contribution in [3.8, 4) is 6.07 Å². The number of nitriles is 1. The summed E-state index contributed by atoms with van der Waals surface area (Å²) in [6.07, 6.45) is 2.26. The molecule has 0 amide bonds. The van der Waals surface area contributed by atoms with E-state index in [1.165, 1.54) is 5.56 Å². The summed E-state index contributed by atoms with van der Waals surface area (Å²) in [6, 6.07) is 9.98. The summed E-state index contributed by atoms with van der Waals surface area (Å²) in [5.74, 6) is 0.285. The maximum atomic E-state index is 12.5. The number of hydrogen-bond acceptors (Lipinski definition) is 5. The number of nitrogens with zero attached hydrogens (tertiary/aromatic N) is 3. The van der Waals surface area contributed by atoms with E-state index in [2.05, 4.69) is 28.4 Å². The zero-order valence-electron chi connectivity index (χ0n) is 15.3. The molecule has 7 heteroatoms. The molecule has 0 spiro atoms. The van der Waals surface area contributed by atoms with Crippen molar-refractivity contribution in [2.45, 2.75) is 26.3 Å². The number of ether oxygens (including phenoxy) is 1. The average molecular weight is 363 g/mol. The average Bonchev–Trinajstić information content (AvgIpc) is 3.04. The fourth-order valence-corrected chi connectivity index (χ4v) is 3.51. The Morgan fingerprint density at radius 2 is 2.19 bits per heavy atom. The van der Waals surface area contributed by atoms with Gasteiger partial charge in [-0.1, -0.05) is 6.07 Å². The Balaban J connectivity index is 1.82. The molecule has 2 aromatic heterocycles. The van der Waals surface area contributed by atoms with E-state index in [-0.39, 0.29) is 17.5 Å². The molecule has 2 atom stereocenters. The van der Waals surface area contributed by atoms with Crippen LogP contribution in [-0.4, -0.2) is 28.0 Å². The lowest BCUT2D eigenvalue weighted by atomic mass is 9.96. The topological polar surface area (TPSA) is 95.7 Å². The second-order valence-electron chi connectivity index (χ2n) is 6.95. The van der Waals surface area contributed by atoms with Gasteiger partial charge in [0, 0.05) is 18.5 Å². The van der Waals surface area contributed by atoms with Crippen molar-refractivity contribution in [1.29, 1.82) is 5.26 Å². The van der Waals surface area contributed by atoms with Crippen molar-refractivity contribution in [3.05, 3.63) is 51.9 Å². The van der Waals surface area contributed by atoms with Crippen LogP contribution in [0.15, 0.2) is 35.3 Å². The monoisotopic (exact) mass is 363 g/mol. The third-order valence-corrected chi connectivity index (χ3v) is 5.21. The number of pyridine rings is 1. The summed E-state index contributed by atoms with van der Waals surface area (Å²) in [7, 11) is 0. The summed E-state index contributed by atoms with van der Waals surface area (Å²) >= 11 is 0. The van der Waals surface area contributed by atoms with Gasteiger partial charge in [0.2, 0.25) is 0 Å². The molecule has 4 rings (SSSR count). The highest BCUT2D eigenvalue weighted by atomic mass is 16.5. The van der Waals surface area contributed by atoms with Crippen LogP contribution in [0.25, 0.3) is 10.9 Å². The zero-order chi connectivity index (χ0) is 19.0. The number of anilines is 2. The van der Waals surface area contributed by atoms with Crippen molar-refractivity contribution in [2.75, 3.05) is 18.5 Å². The highest BCUT2D eigenvalue weighted by Gasteiger charge is 2.30. The number of hydrogen-bond donors (Lipinski definition) is 2. The molecular weight excluding hydrogens is 342 g/mol. The van der Waals surface area contributed by atoms with Crippen LogP contribution in [0.3, 0.4) is 0 Å². The quantitative estimate of drug-likeness (QED) is 0.745. The predicted molar refractivity (Wildman–Crippen MR) is 103 cm³/mol. The molecule has 0 radical (unpaired) electrons. The summed E-state index contributed by atoms with van der Waals surface area (Å²) in [6.45, 7) is 5.08. The number of H-pyrrole nitrogens is 1. The van der Waals surface area contributed by atoms with E-state index in [4.69, 9.17) is 4.74 Å². The number of benzene rings is 1. The standard InChI is InChI=1S/C20H21N5O2/c1-12-3-4-15(9-13(12)2)23-19-18-16(5-7-22-20(18)26)25(24-19)17-11-27-8-6-14(17)10-21/h3-5,7,9,14,17H,6,8,11H2,1-2H3,(H,22,26)(H,23,24)/t14?,17-/m0/s1. The molecule has 1 unspecified atom stereocenters. The van der Waals surface area contributed by atoms with E-state index in [1.54, 1.807) is 10.9 Å². The molecule has 7 nitrogen and oxygen atoms in total. The SMILES string of the molecule is Cc1ccc(Nc2nn([C@H]3COCCC3C#N)c3cc[nH]c(=O)c23)cc1C. The van der Waals surface area contributed by atoms with Gasteiger partial charge in [0.25, 0.3) is 5.56 Å². The Hall–Kier alpha value is -3.11. The summed E-state index contributed by atoms with van der Waals surface area (Å²) < 4.78 is 7.35. The van der Waals surface area contributed by atoms with Gasteiger partial charge in [0.05, 0.1) is 30.2 Å². The largest absolute Gasteiger partial charge is 0.379 e. The van der Waals surface area contributed by atoms with E-state index in [0.29, 0.717) is 36.4 Å². The summed E-state index contributed by atoms with van der Waals surface area (Å²) in [5, 5.41) is 17.9. The molecule has 138 valence electrons. The van der Waals surface area contributed by atoms with Crippen LogP contribution in [0.5, 0.6) is 0 Å². The van der Waals surface area contributed by atoms with Gasteiger partial charge in [-0.25, -0.2) is 0 Å². The Labute approximate surface area is 156 Å². The highest BCUT2D eigenvalue weighted by molar-refractivity contribution is 5.91. The van der Waals surface area contributed by atoms with Crippen molar-refractivity contribution >= 4 is 22.4 Å². The minimum atomic E-state index is -0.219. The van der Waals surface area contributed by atoms with Gasteiger partial charge in [-0.15, -0.1) is 0 Å². The molecule has 0 bridgehead atoms. The molecule has 0 aliphatic carbocycles. The Morgan fingerprint density at radius 3 is 2.96 bits per heavy atom. The second kappa shape index (κ2) is 6.89. The molecule has 1 aromatic carbocycles. The molecular formula is C20H21N5O2. The third kappa shape index (κ3) is 3.09. The molecule has 1 saturated heterocycles. The van der Waals surface area contributed by atoms with Crippen LogP contribution in [0, 0.1) is 31.1 Å². The van der Waals surface area contributed by atoms with Crippen LogP contribution in [0.1, 0.15) is 23.6 Å². The van der Waals surface area contributed by atoms with Crippen LogP contribution >= 0.6 is 0 Å². The van der Waals surface area contributed by atoms with E-state index < -0.39 is 0 Å². The molecule has 1 fully saturated rings. The molecule has 2 N–H and O–H groups in total. The van der Waals surface area contributed by atoms with Gasteiger partial charge in [-0.05, 0) is 49.6 Å². The minimum absolute atomic E-state index is 0.199. The first-order valence-electron chi connectivity index (χ1n) is 9.00. The third-order valence-electron chi connectivity index (χ3n) is 5.21. The fraction of sp³-hybridized carbons (Fsp3) is 0.350. The first-order valence-corrected chi connectivity index (χ1v) is 9.00. The van der Waals surface area contributed by atoms with E-state index in [1.807, 2.05) is 31.2 Å². The molecule has 3 aromatic rings. The van der Waals surface area contributed by atoms with Gasteiger partial charge < -0.3 is 15.0 Å². The maximum Gasteiger partial charge on any atom is 0.261 e. The van der Waals surface area contributed by atoms with Gasteiger partial charge >= 0.3 is 0 Å². The molecule has 27 heavy (non-hydrogen) atoms. The van der Waals surface area contributed by atoms with Crippen LogP contribution in [0.4, 0.5) is 11.5 Å². The smallest absolute Gasteiger partial charge is 0.261 e. The number of rotatable bonds is 3. The Morgan fingerprint density at radius 1 is 1.33 bits per heavy atom. The number of aromatic amines is 1. The summed E-state index contributed by atoms with van der Waals surface area (Å²) in [4.78, 5) is 15.2. The van der Waals surface area contributed by atoms with Crippen LogP contribution in [-0.2, 0) is 4.74 Å². The van der Waals surface area contributed by atoms with Gasteiger partial charge in [0.1, 0.15) is 5.39 Å². The first-order chi connectivity index (χ1) is 13.1. The normalized spacial score (nSPS) is 19.7. The number of aryl methyl sites for hydroxylation is 2. The highest BCUT2D eigenvalue weighted by Crippen LogP contribution is 2.31. The van der Waals surface area contributed by atoms with E-state index in [0.717, 1.165) is 11.3 Å². The lowest BCUT2D eigenvalue weighted by Gasteiger charge is -2.27. The fourth-order valence-electron chi connectivity index (χ4n) is 3.51. The maximum absolute atomic E-state index is 12.5. The Bertz CT molecular complexity index is 1090. The number of aromatic nitrogens is 3. The van der Waals surface area contributed by atoms with Gasteiger partial charge in [-0.2, -0.15) is 10.4 Å². The van der Waals surface area contributed by atoms with Crippen molar-refractivity contribution < 1.29 is 4.74 Å². The predicted octanol–water partition coefficient (Wildman–Crippen LogP) is 3.19. The lowest BCUT2D eigenvalue weighted by molar-refractivity contribution is 0.0359. The van der Waals surface area contributed by atoms with Crippen molar-refractivity contribution in [3.63, 3.8) is 0 Å².